The van der Waals surface area contributed by atoms with Crippen LogP contribution in [-0.2, 0) is 14.8 Å². The number of aromatic nitrogens is 4. The van der Waals surface area contributed by atoms with E-state index in [1.54, 1.807) is 29.8 Å². The second kappa shape index (κ2) is 9.76. The van der Waals surface area contributed by atoms with Crippen LogP contribution in [0.1, 0.15) is 6.92 Å². The van der Waals surface area contributed by atoms with Gasteiger partial charge in [0.1, 0.15) is 5.82 Å². The zero-order valence-corrected chi connectivity index (χ0v) is 20.0. The maximum atomic E-state index is 12.0. The van der Waals surface area contributed by atoms with Gasteiger partial charge >= 0.3 is 0 Å². The number of ether oxygens (including phenoxy) is 1. The van der Waals surface area contributed by atoms with Gasteiger partial charge in [-0.2, -0.15) is 0 Å². The Hall–Kier alpha value is -3.90. The van der Waals surface area contributed by atoms with Gasteiger partial charge in [-0.05, 0) is 55.5 Å². The molecule has 12 heteroatoms. The highest BCUT2D eigenvalue weighted by atomic mass is 32.2. The number of nitrogens with zero attached hydrogens (tertiary/aromatic N) is 5. The summed E-state index contributed by atoms with van der Waals surface area (Å²) in [6.45, 7) is 4.82. The number of pyridine rings is 1. The number of morpholine rings is 1. The van der Waals surface area contributed by atoms with E-state index in [2.05, 4.69) is 47.5 Å². The molecule has 1 saturated heterocycles. The van der Waals surface area contributed by atoms with Crippen molar-refractivity contribution in [2.45, 2.75) is 6.92 Å². The Bertz CT molecular complexity index is 1420. The third kappa shape index (κ3) is 5.28. The first-order chi connectivity index (χ1) is 17.0. The van der Waals surface area contributed by atoms with Gasteiger partial charge in [0.25, 0.3) is 0 Å². The van der Waals surface area contributed by atoms with Crippen LogP contribution in [-0.4, -0.2) is 60.1 Å². The monoisotopic (exact) mass is 494 g/mol. The zero-order valence-electron chi connectivity index (χ0n) is 19.2. The molecule has 1 aliphatic rings. The first-order valence-electron chi connectivity index (χ1n) is 11.3. The average molecular weight is 495 g/mol. The predicted molar refractivity (Wildman–Crippen MR) is 136 cm³/mol. The lowest BCUT2D eigenvalue weighted by Crippen LogP contribution is -2.36. The van der Waals surface area contributed by atoms with Crippen molar-refractivity contribution in [3.63, 3.8) is 0 Å². The number of sulfonamides is 1. The summed E-state index contributed by atoms with van der Waals surface area (Å²) in [5.74, 6) is 1.23. The topological polar surface area (TPSA) is 126 Å². The van der Waals surface area contributed by atoms with Gasteiger partial charge in [0.15, 0.2) is 5.82 Å². The summed E-state index contributed by atoms with van der Waals surface area (Å²) in [5, 5.41) is 11.1. The Morgan fingerprint density at radius 3 is 2.57 bits per heavy atom. The van der Waals surface area contributed by atoms with Crippen molar-refractivity contribution in [1.82, 2.24) is 19.6 Å². The molecular weight excluding hydrogens is 468 g/mol. The first kappa shape index (κ1) is 22.9. The fourth-order valence-corrected chi connectivity index (χ4v) is 4.31. The molecule has 0 saturated carbocycles. The molecule has 0 atom stereocenters. The largest absolute Gasteiger partial charge is 0.378 e. The van der Waals surface area contributed by atoms with Crippen molar-refractivity contribution in [2.24, 2.45) is 0 Å². The normalized spacial score (nSPS) is 14.1. The van der Waals surface area contributed by atoms with Crippen molar-refractivity contribution >= 4 is 50.2 Å². The number of nitrogens with one attached hydrogen (secondary N) is 3. The molecule has 35 heavy (non-hydrogen) atoms. The standard InChI is InChI=1S/C23H26N8O3S/c1-2-35(32,33)29-22-20(4-3-11-24-22)27-21-10-9-19-16-25-23(28-31(19)21)26-17-5-7-18(8-6-17)30-12-14-34-15-13-30/h3-11,16,27H,2,12-15H2,1H3,(H,24,29)(H,26,28). The minimum absolute atomic E-state index is 0.0489. The van der Waals surface area contributed by atoms with Crippen LogP contribution >= 0.6 is 0 Å². The summed E-state index contributed by atoms with van der Waals surface area (Å²) < 4.78 is 33.7. The van der Waals surface area contributed by atoms with E-state index in [1.807, 2.05) is 24.3 Å². The Morgan fingerprint density at radius 2 is 1.80 bits per heavy atom. The summed E-state index contributed by atoms with van der Waals surface area (Å²) in [6, 6.07) is 15.3. The molecule has 0 amide bonds. The molecular formula is C23H26N8O3S. The second-order valence-corrected chi connectivity index (χ2v) is 9.95. The smallest absolute Gasteiger partial charge is 0.245 e. The average Bonchev–Trinajstić information content (AvgIpc) is 3.28. The van der Waals surface area contributed by atoms with Crippen molar-refractivity contribution in [3.8, 4) is 0 Å². The maximum Gasteiger partial charge on any atom is 0.245 e. The molecule has 3 N–H and O–H groups in total. The first-order valence-corrected chi connectivity index (χ1v) is 12.9. The quantitative estimate of drug-likeness (QED) is 0.338. The van der Waals surface area contributed by atoms with Crippen LogP contribution in [0.2, 0.25) is 0 Å². The van der Waals surface area contributed by atoms with E-state index < -0.39 is 10.0 Å². The molecule has 1 aromatic carbocycles. The molecule has 1 aliphatic heterocycles. The molecule has 0 bridgehead atoms. The van der Waals surface area contributed by atoms with Crippen LogP contribution in [0.3, 0.4) is 0 Å². The van der Waals surface area contributed by atoms with Crippen molar-refractivity contribution in [1.29, 1.82) is 0 Å². The van der Waals surface area contributed by atoms with E-state index >= 15 is 0 Å². The summed E-state index contributed by atoms with van der Waals surface area (Å²) in [4.78, 5) is 10.9. The molecule has 11 nitrogen and oxygen atoms in total. The van der Waals surface area contributed by atoms with E-state index in [0.29, 0.717) is 17.5 Å². The van der Waals surface area contributed by atoms with Gasteiger partial charge in [0.05, 0.1) is 36.4 Å². The van der Waals surface area contributed by atoms with Crippen LogP contribution < -0.4 is 20.3 Å². The number of rotatable bonds is 8. The number of fused-ring (bicyclic) bond motifs is 1. The summed E-state index contributed by atoms with van der Waals surface area (Å²) in [7, 11) is -3.47. The third-order valence-electron chi connectivity index (χ3n) is 5.60. The van der Waals surface area contributed by atoms with Gasteiger partial charge in [-0.3, -0.25) is 4.72 Å². The molecule has 3 aromatic heterocycles. The Kier molecular flexibility index (Phi) is 6.38. The number of benzene rings is 1. The summed E-state index contributed by atoms with van der Waals surface area (Å²) in [6.07, 6.45) is 3.25. The zero-order chi connectivity index (χ0) is 24.3. The van der Waals surface area contributed by atoms with Crippen LogP contribution in [0, 0.1) is 0 Å². The number of hydrogen-bond acceptors (Lipinski definition) is 9. The van der Waals surface area contributed by atoms with E-state index in [0.717, 1.165) is 43.2 Å². The SMILES string of the molecule is CCS(=O)(=O)Nc1ncccc1Nc1ccc2cnc(Nc3ccc(N4CCOCC4)cc3)nn12. The van der Waals surface area contributed by atoms with Crippen LogP contribution in [0.5, 0.6) is 0 Å². The molecule has 0 aliphatic carbocycles. The molecule has 182 valence electrons. The fourth-order valence-electron chi connectivity index (χ4n) is 3.70. The molecule has 5 rings (SSSR count). The third-order valence-corrected chi connectivity index (χ3v) is 6.87. The lowest BCUT2D eigenvalue weighted by molar-refractivity contribution is 0.122. The lowest BCUT2D eigenvalue weighted by Gasteiger charge is -2.28. The van der Waals surface area contributed by atoms with Gasteiger partial charge in [0, 0.05) is 30.7 Å². The Labute approximate surface area is 203 Å². The molecule has 4 heterocycles. The highest BCUT2D eigenvalue weighted by Crippen LogP contribution is 2.26. The van der Waals surface area contributed by atoms with Crippen molar-refractivity contribution in [2.75, 3.05) is 52.3 Å². The summed E-state index contributed by atoms with van der Waals surface area (Å²) >= 11 is 0. The van der Waals surface area contributed by atoms with E-state index in [-0.39, 0.29) is 11.6 Å². The van der Waals surface area contributed by atoms with E-state index in [4.69, 9.17) is 4.74 Å². The van der Waals surface area contributed by atoms with Crippen molar-refractivity contribution in [3.05, 3.63) is 60.9 Å². The molecule has 0 unspecified atom stereocenters. The molecule has 0 spiro atoms. The predicted octanol–water partition coefficient (Wildman–Crippen LogP) is 3.21. The Balaban J connectivity index is 1.35. The fraction of sp³-hybridized carbons (Fsp3) is 0.261. The highest BCUT2D eigenvalue weighted by molar-refractivity contribution is 7.92. The van der Waals surface area contributed by atoms with Crippen LogP contribution in [0.25, 0.3) is 5.52 Å². The number of anilines is 6. The number of hydrogen-bond donors (Lipinski definition) is 3. The second-order valence-electron chi connectivity index (χ2n) is 7.94. The highest BCUT2D eigenvalue weighted by Gasteiger charge is 2.14. The minimum Gasteiger partial charge on any atom is -0.378 e. The van der Waals surface area contributed by atoms with E-state index in [1.165, 1.54) is 6.20 Å². The Morgan fingerprint density at radius 1 is 1.00 bits per heavy atom. The lowest BCUT2D eigenvalue weighted by atomic mass is 10.2. The van der Waals surface area contributed by atoms with Gasteiger partial charge in [-0.25, -0.2) is 22.9 Å². The maximum absolute atomic E-state index is 12.0. The van der Waals surface area contributed by atoms with Gasteiger partial charge in [-0.1, -0.05) is 0 Å². The van der Waals surface area contributed by atoms with Gasteiger partial charge in [-0.15, -0.1) is 5.10 Å². The van der Waals surface area contributed by atoms with Gasteiger partial charge in [0.2, 0.25) is 16.0 Å². The van der Waals surface area contributed by atoms with E-state index in [9.17, 15) is 8.42 Å². The molecule has 4 aromatic rings. The molecule has 1 fully saturated rings. The minimum atomic E-state index is -3.47. The molecule has 0 radical (unpaired) electrons. The van der Waals surface area contributed by atoms with Crippen LogP contribution in [0.4, 0.5) is 34.6 Å². The summed E-state index contributed by atoms with van der Waals surface area (Å²) in [5.41, 5.74) is 3.31. The van der Waals surface area contributed by atoms with Crippen LogP contribution in [0.15, 0.2) is 60.9 Å². The van der Waals surface area contributed by atoms with Gasteiger partial charge < -0.3 is 20.3 Å². The van der Waals surface area contributed by atoms with Crippen molar-refractivity contribution < 1.29 is 13.2 Å².